The SMILES string of the molecule is CNCCON. The summed E-state index contributed by atoms with van der Waals surface area (Å²) in [4.78, 5) is 4.22. The molecule has 0 saturated heterocycles. The number of nitrogens with one attached hydrogen (secondary N) is 1. The molecule has 0 rings (SSSR count). The van der Waals surface area contributed by atoms with Crippen LogP contribution in [0.3, 0.4) is 0 Å². The van der Waals surface area contributed by atoms with Crippen molar-refractivity contribution < 1.29 is 4.84 Å². The Bertz CT molecular complexity index is 20.8. The Labute approximate surface area is 37.4 Å². The summed E-state index contributed by atoms with van der Waals surface area (Å²) in [5.41, 5.74) is 0. The summed E-state index contributed by atoms with van der Waals surface area (Å²) in [6, 6.07) is 0. The standard InChI is InChI=1S/C3H10N2O/c1-5-2-3-6-4/h5H,2-4H2,1H3. The van der Waals surface area contributed by atoms with E-state index >= 15 is 0 Å². The van der Waals surface area contributed by atoms with E-state index in [1.54, 1.807) is 0 Å². The molecule has 0 unspecified atom stereocenters. The molecule has 0 aliphatic carbocycles. The van der Waals surface area contributed by atoms with Crippen LogP contribution in [0, 0.1) is 0 Å². The fourth-order valence-electron chi connectivity index (χ4n) is 0.161. The Morgan fingerprint density at radius 1 is 1.83 bits per heavy atom. The van der Waals surface area contributed by atoms with E-state index in [4.69, 9.17) is 0 Å². The van der Waals surface area contributed by atoms with Gasteiger partial charge in [0, 0.05) is 6.54 Å². The van der Waals surface area contributed by atoms with Crippen LogP contribution in [0.1, 0.15) is 0 Å². The third kappa shape index (κ3) is 3.88. The van der Waals surface area contributed by atoms with Crippen LogP contribution in [-0.2, 0) is 4.84 Å². The third-order valence-electron chi connectivity index (χ3n) is 0.470. The number of hydrogen-bond acceptors (Lipinski definition) is 3. The van der Waals surface area contributed by atoms with Crippen LogP contribution in [0.15, 0.2) is 0 Å². The van der Waals surface area contributed by atoms with Crippen molar-refractivity contribution in [3.05, 3.63) is 0 Å². The highest BCUT2D eigenvalue weighted by Crippen LogP contribution is 1.53. The number of rotatable bonds is 3. The monoisotopic (exact) mass is 90.1 g/mol. The van der Waals surface area contributed by atoms with Crippen LogP contribution in [0.2, 0.25) is 0 Å². The first kappa shape index (κ1) is 5.88. The topological polar surface area (TPSA) is 47.3 Å². The van der Waals surface area contributed by atoms with Crippen LogP contribution in [0.5, 0.6) is 0 Å². The molecule has 0 bridgehead atoms. The number of nitrogens with two attached hydrogens (primary N) is 1. The van der Waals surface area contributed by atoms with E-state index in [0.29, 0.717) is 6.61 Å². The van der Waals surface area contributed by atoms with E-state index in [0.717, 1.165) is 6.54 Å². The van der Waals surface area contributed by atoms with Gasteiger partial charge in [-0.25, -0.2) is 5.90 Å². The molecule has 3 N–H and O–H groups in total. The van der Waals surface area contributed by atoms with Crippen LogP contribution in [-0.4, -0.2) is 20.2 Å². The summed E-state index contributed by atoms with van der Waals surface area (Å²) in [6.07, 6.45) is 0. The van der Waals surface area contributed by atoms with Crippen molar-refractivity contribution in [2.24, 2.45) is 5.90 Å². The van der Waals surface area contributed by atoms with Gasteiger partial charge in [0.25, 0.3) is 0 Å². The fourth-order valence-corrected chi connectivity index (χ4v) is 0.161. The summed E-state index contributed by atoms with van der Waals surface area (Å²) < 4.78 is 0. The zero-order valence-electron chi connectivity index (χ0n) is 3.90. The molecule has 0 heterocycles. The van der Waals surface area contributed by atoms with Gasteiger partial charge in [0.05, 0.1) is 6.61 Å². The minimum absolute atomic E-state index is 0.580. The third-order valence-corrected chi connectivity index (χ3v) is 0.470. The van der Waals surface area contributed by atoms with Crippen LogP contribution in [0.4, 0.5) is 0 Å². The molecular formula is C3H10N2O. The second-order valence-corrected chi connectivity index (χ2v) is 0.974. The Balaban J connectivity index is 2.34. The predicted molar refractivity (Wildman–Crippen MR) is 24.1 cm³/mol. The van der Waals surface area contributed by atoms with E-state index in [1.165, 1.54) is 0 Å². The van der Waals surface area contributed by atoms with Crippen molar-refractivity contribution in [1.29, 1.82) is 0 Å². The molecule has 0 amide bonds. The van der Waals surface area contributed by atoms with E-state index in [9.17, 15) is 0 Å². The molecule has 0 saturated carbocycles. The van der Waals surface area contributed by atoms with Gasteiger partial charge >= 0.3 is 0 Å². The lowest BCUT2D eigenvalue weighted by Gasteiger charge is -1.91. The summed E-state index contributed by atoms with van der Waals surface area (Å²) in [7, 11) is 1.85. The quantitative estimate of drug-likeness (QED) is 0.348. The molecule has 3 heteroatoms. The van der Waals surface area contributed by atoms with Gasteiger partial charge in [-0.15, -0.1) is 0 Å². The Morgan fingerprint density at radius 2 is 2.50 bits per heavy atom. The van der Waals surface area contributed by atoms with E-state index < -0.39 is 0 Å². The van der Waals surface area contributed by atoms with Gasteiger partial charge in [-0.3, -0.25) is 0 Å². The molecule has 0 aliphatic rings. The summed E-state index contributed by atoms with van der Waals surface area (Å²) in [6.45, 7) is 1.40. The average molecular weight is 90.1 g/mol. The van der Waals surface area contributed by atoms with Gasteiger partial charge in [-0.05, 0) is 7.05 Å². The first-order valence-corrected chi connectivity index (χ1v) is 1.88. The molecule has 0 atom stereocenters. The second kappa shape index (κ2) is 4.88. The zero-order chi connectivity index (χ0) is 4.83. The van der Waals surface area contributed by atoms with Crippen LogP contribution in [0.25, 0.3) is 0 Å². The molecule has 6 heavy (non-hydrogen) atoms. The van der Waals surface area contributed by atoms with Gasteiger partial charge in [0.15, 0.2) is 0 Å². The molecule has 0 aromatic heterocycles. The summed E-state index contributed by atoms with van der Waals surface area (Å²) >= 11 is 0. The lowest BCUT2D eigenvalue weighted by Crippen LogP contribution is -2.16. The van der Waals surface area contributed by atoms with Crippen molar-refractivity contribution >= 4 is 0 Å². The van der Waals surface area contributed by atoms with E-state index in [-0.39, 0.29) is 0 Å². The highest BCUT2D eigenvalue weighted by atomic mass is 16.6. The highest BCUT2D eigenvalue weighted by molar-refractivity contribution is 4.29. The molecule has 0 aliphatic heterocycles. The number of hydrogen-bond donors (Lipinski definition) is 2. The second-order valence-electron chi connectivity index (χ2n) is 0.974. The Hall–Kier alpha value is -0.120. The van der Waals surface area contributed by atoms with Gasteiger partial charge in [-0.1, -0.05) is 0 Å². The minimum atomic E-state index is 0.580. The number of likely N-dealkylation sites (N-methyl/N-ethyl adjacent to an activating group) is 1. The highest BCUT2D eigenvalue weighted by Gasteiger charge is 1.73. The summed E-state index contributed by atoms with van der Waals surface area (Å²) in [5.74, 6) is 4.67. The first-order chi connectivity index (χ1) is 2.91. The first-order valence-electron chi connectivity index (χ1n) is 1.88. The Morgan fingerprint density at radius 3 is 2.67 bits per heavy atom. The molecule has 0 aromatic rings. The molecule has 3 nitrogen and oxygen atoms in total. The molecular weight excluding hydrogens is 80.0 g/mol. The van der Waals surface area contributed by atoms with Crippen molar-refractivity contribution in [3.8, 4) is 0 Å². The van der Waals surface area contributed by atoms with Crippen molar-refractivity contribution in [2.75, 3.05) is 20.2 Å². The van der Waals surface area contributed by atoms with Gasteiger partial charge in [0.1, 0.15) is 0 Å². The fraction of sp³-hybridized carbons (Fsp3) is 1.00. The largest absolute Gasteiger partial charge is 0.317 e. The zero-order valence-corrected chi connectivity index (χ0v) is 3.90. The van der Waals surface area contributed by atoms with E-state index in [2.05, 4.69) is 16.1 Å². The van der Waals surface area contributed by atoms with Gasteiger partial charge < -0.3 is 10.2 Å². The Kier molecular flexibility index (Phi) is 4.78. The van der Waals surface area contributed by atoms with Crippen molar-refractivity contribution in [2.45, 2.75) is 0 Å². The lowest BCUT2D eigenvalue weighted by atomic mass is 10.7. The molecule has 0 fully saturated rings. The van der Waals surface area contributed by atoms with Gasteiger partial charge in [0.2, 0.25) is 0 Å². The van der Waals surface area contributed by atoms with Crippen LogP contribution >= 0.6 is 0 Å². The lowest BCUT2D eigenvalue weighted by molar-refractivity contribution is 0.141. The molecule has 0 radical (unpaired) electrons. The summed E-state index contributed by atoms with van der Waals surface area (Å²) in [5, 5.41) is 2.86. The van der Waals surface area contributed by atoms with Crippen molar-refractivity contribution in [1.82, 2.24) is 5.32 Å². The molecule has 0 spiro atoms. The predicted octanol–water partition coefficient (Wildman–Crippen LogP) is -0.904. The minimum Gasteiger partial charge on any atom is -0.317 e. The average Bonchev–Trinajstić information content (AvgIpc) is 1.61. The smallest absolute Gasteiger partial charge is 0.0803 e. The molecule has 0 aromatic carbocycles. The molecule has 38 valence electrons. The maximum atomic E-state index is 4.67. The van der Waals surface area contributed by atoms with Gasteiger partial charge in [-0.2, -0.15) is 0 Å². The maximum absolute atomic E-state index is 4.67. The van der Waals surface area contributed by atoms with Crippen LogP contribution < -0.4 is 11.2 Å². The maximum Gasteiger partial charge on any atom is 0.0803 e. The van der Waals surface area contributed by atoms with Crippen molar-refractivity contribution in [3.63, 3.8) is 0 Å². The normalized spacial score (nSPS) is 9.00. The van der Waals surface area contributed by atoms with E-state index in [1.807, 2.05) is 7.05 Å².